The molecule has 0 radical (unpaired) electrons. The van der Waals surface area contributed by atoms with Crippen LogP contribution >= 0.6 is 0 Å². The van der Waals surface area contributed by atoms with Crippen molar-refractivity contribution in [2.75, 3.05) is 20.1 Å². The summed E-state index contributed by atoms with van der Waals surface area (Å²) < 4.78 is 27.6. The van der Waals surface area contributed by atoms with Gasteiger partial charge in [0.2, 0.25) is 10.0 Å². The monoisotopic (exact) mass is 310 g/mol. The van der Waals surface area contributed by atoms with Crippen LogP contribution in [0.4, 0.5) is 0 Å². The van der Waals surface area contributed by atoms with Gasteiger partial charge in [-0.2, -0.15) is 4.31 Å². The number of hydrogen-bond acceptors (Lipinski definition) is 3. The molecule has 1 aromatic carbocycles. The van der Waals surface area contributed by atoms with Gasteiger partial charge in [-0.25, -0.2) is 8.42 Å². The Hall–Kier alpha value is -0.910. The van der Waals surface area contributed by atoms with Crippen molar-refractivity contribution in [3.63, 3.8) is 0 Å². The van der Waals surface area contributed by atoms with Gasteiger partial charge in [0.25, 0.3) is 0 Å². The van der Waals surface area contributed by atoms with E-state index in [1.54, 1.807) is 16.4 Å². The van der Waals surface area contributed by atoms with Gasteiger partial charge in [0.1, 0.15) is 0 Å². The molecule has 1 fully saturated rings. The van der Waals surface area contributed by atoms with Crippen LogP contribution in [0.5, 0.6) is 0 Å². The Morgan fingerprint density at radius 2 is 1.90 bits per heavy atom. The van der Waals surface area contributed by atoms with Crippen LogP contribution in [0.1, 0.15) is 38.7 Å². The summed E-state index contributed by atoms with van der Waals surface area (Å²) in [6.07, 6.45) is 3.04. The molecule has 118 valence electrons. The number of hydrogen-bond donors (Lipinski definition) is 1. The lowest BCUT2D eigenvalue weighted by atomic mass is 9.82. The fourth-order valence-electron chi connectivity index (χ4n) is 3.16. The van der Waals surface area contributed by atoms with E-state index in [4.69, 9.17) is 0 Å². The minimum absolute atomic E-state index is 0.158. The van der Waals surface area contributed by atoms with Crippen LogP contribution in [0.3, 0.4) is 0 Å². The molecule has 1 aromatic rings. The molecule has 1 heterocycles. The molecule has 0 amide bonds. The lowest BCUT2D eigenvalue weighted by molar-refractivity contribution is 0.279. The second-order valence-electron chi connectivity index (χ2n) is 5.93. The highest BCUT2D eigenvalue weighted by molar-refractivity contribution is 7.89. The number of nitrogens with one attached hydrogen (secondary N) is 1. The fourth-order valence-corrected chi connectivity index (χ4v) is 4.93. The molecular formula is C16H26N2O2S. The van der Waals surface area contributed by atoms with Gasteiger partial charge in [0.05, 0.1) is 4.90 Å². The standard InChI is InChI=1S/C16H26N2O2S/c1-4-16(5-2)10-11-18(13-16)21(19,20)15-9-7-6-8-14(15)12-17-3/h6-9,17H,4-5,10-13H2,1-3H3. The van der Waals surface area contributed by atoms with Gasteiger partial charge in [-0.15, -0.1) is 0 Å². The van der Waals surface area contributed by atoms with Crippen molar-refractivity contribution in [2.45, 2.75) is 44.6 Å². The number of rotatable bonds is 6. The molecule has 0 unspecified atom stereocenters. The molecule has 0 aliphatic carbocycles. The largest absolute Gasteiger partial charge is 0.316 e. The van der Waals surface area contributed by atoms with Gasteiger partial charge >= 0.3 is 0 Å². The van der Waals surface area contributed by atoms with Crippen molar-refractivity contribution < 1.29 is 8.42 Å². The Balaban J connectivity index is 2.32. The average Bonchev–Trinajstić information content (AvgIpc) is 2.94. The minimum Gasteiger partial charge on any atom is -0.316 e. The first-order valence-corrected chi connectivity index (χ1v) is 9.16. The van der Waals surface area contributed by atoms with E-state index in [1.165, 1.54) is 0 Å². The Labute approximate surface area is 128 Å². The maximum Gasteiger partial charge on any atom is 0.243 e. The summed E-state index contributed by atoms with van der Waals surface area (Å²) >= 11 is 0. The molecule has 0 spiro atoms. The van der Waals surface area contributed by atoms with Crippen molar-refractivity contribution in [3.8, 4) is 0 Å². The highest BCUT2D eigenvalue weighted by Crippen LogP contribution is 2.39. The molecular weight excluding hydrogens is 284 g/mol. The van der Waals surface area contributed by atoms with Crippen LogP contribution in [0, 0.1) is 5.41 Å². The van der Waals surface area contributed by atoms with E-state index < -0.39 is 10.0 Å². The molecule has 5 heteroatoms. The first-order chi connectivity index (χ1) is 9.99. The Morgan fingerprint density at radius 3 is 2.48 bits per heavy atom. The maximum absolute atomic E-state index is 12.9. The Kier molecular flexibility index (Phi) is 5.07. The van der Waals surface area contributed by atoms with E-state index >= 15 is 0 Å². The molecule has 4 nitrogen and oxygen atoms in total. The van der Waals surface area contributed by atoms with Gasteiger partial charge < -0.3 is 5.32 Å². The highest BCUT2D eigenvalue weighted by atomic mass is 32.2. The van der Waals surface area contributed by atoms with E-state index in [1.807, 2.05) is 19.2 Å². The molecule has 0 atom stereocenters. The van der Waals surface area contributed by atoms with Gasteiger partial charge in [0, 0.05) is 19.6 Å². The predicted octanol–water partition coefficient (Wildman–Crippen LogP) is 2.61. The summed E-state index contributed by atoms with van der Waals surface area (Å²) in [6, 6.07) is 7.29. The van der Waals surface area contributed by atoms with Gasteiger partial charge in [-0.3, -0.25) is 0 Å². The third-order valence-electron chi connectivity index (χ3n) is 4.86. The summed E-state index contributed by atoms with van der Waals surface area (Å²) in [4.78, 5) is 0.447. The minimum atomic E-state index is -3.39. The number of sulfonamides is 1. The van der Waals surface area contributed by atoms with E-state index in [0.717, 1.165) is 24.8 Å². The topological polar surface area (TPSA) is 49.4 Å². The van der Waals surface area contributed by atoms with Gasteiger partial charge in [-0.1, -0.05) is 32.0 Å². The molecule has 1 saturated heterocycles. The normalized spacial score (nSPS) is 19.0. The number of nitrogens with zero attached hydrogens (tertiary/aromatic N) is 1. The van der Waals surface area contributed by atoms with E-state index in [0.29, 0.717) is 24.5 Å². The molecule has 0 saturated carbocycles. The lowest BCUT2D eigenvalue weighted by Gasteiger charge is -2.26. The first-order valence-electron chi connectivity index (χ1n) is 7.72. The first kappa shape index (κ1) is 16.5. The summed E-state index contributed by atoms with van der Waals surface area (Å²) in [5.41, 5.74) is 0.996. The molecule has 2 rings (SSSR count). The van der Waals surface area contributed by atoms with Crippen LogP contribution in [0.2, 0.25) is 0 Å². The van der Waals surface area contributed by atoms with Gasteiger partial charge in [-0.05, 0) is 43.4 Å². The molecule has 0 bridgehead atoms. The van der Waals surface area contributed by atoms with Crippen molar-refractivity contribution in [3.05, 3.63) is 29.8 Å². The average molecular weight is 310 g/mol. The molecule has 0 aromatic heterocycles. The quantitative estimate of drug-likeness (QED) is 0.878. The fraction of sp³-hybridized carbons (Fsp3) is 0.625. The van der Waals surface area contributed by atoms with Crippen molar-refractivity contribution in [1.29, 1.82) is 0 Å². The predicted molar refractivity (Wildman–Crippen MR) is 85.6 cm³/mol. The van der Waals surface area contributed by atoms with E-state index in [9.17, 15) is 8.42 Å². The third kappa shape index (κ3) is 3.15. The second-order valence-corrected chi connectivity index (χ2v) is 7.84. The smallest absolute Gasteiger partial charge is 0.243 e. The van der Waals surface area contributed by atoms with E-state index in [-0.39, 0.29) is 5.41 Å². The van der Waals surface area contributed by atoms with Crippen LogP contribution in [0.25, 0.3) is 0 Å². The zero-order valence-electron chi connectivity index (χ0n) is 13.2. The van der Waals surface area contributed by atoms with Crippen molar-refractivity contribution in [1.82, 2.24) is 9.62 Å². The van der Waals surface area contributed by atoms with Crippen LogP contribution in [-0.2, 0) is 16.6 Å². The molecule has 21 heavy (non-hydrogen) atoms. The van der Waals surface area contributed by atoms with Crippen LogP contribution < -0.4 is 5.32 Å². The molecule has 1 aliphatic heterocycles. The highest BCUT2D eigenvalue weighted by Gasteiger charge is 2.41. The summed E-state index contributed by atoms with van der Waals surface area (Å²) in [5.74, 6) is 0. The summed E-state index contributed by atoms with van der Waals surface area (Å²) in [6.45, 7) is 6.17. The molecule has 1 N–H and O–H groups in total. The summed E-state index contributed by atoms with van der Waals surface area (Å²) in [7, 11) is -1.56. The Bertz CT molecular complexity index is 580. The van der Waals surface area contributed by atoms with Crippen molar-refractivity contribution in [2.24, 2.45) is 5.41 Å². The van der Waals surface area contributed by atoms with Crippen LogP contribution in [-0.4, -0.2) is 32.9 Å². The second kappa shape index (κ2) is 6.46. The van der Waals surface area contributed by atoms with Gasteiger partial charge in [0.15, 0.2) is 0 Å². The summed E-state index contributed by atoms with van der Waals surface area (Å²) in [5, 5.41) is 3.04. The zero-order valence-corrected chi connectivity index (χ0v) is 14.0. The lowest BCUT2D eigenvalue weighted by Crippen LogP contribution is -2.32. The molecule has 1 aliphatic rings. The van der Waals surface area contributed by atoms with E-state index in [2.05, 4.69) is 19.2 Å². The third-order valence-corrected chi connectivity index (χ3v) is 6.81. The maximum atomic E-state index is 12.9. The van der Waals surface area contributed by atoms with Crippen molar-refractivity contribution >= 4 is 10.0 Å². The zero-order chi connectivity index (χ0) is 15.5. The Morgan fingerprint density at radius 1 is 1.24 bits per heavy atom. The number of benzene rings is 1. The SMILES string of the molecule is CCC1(CC)CCN(S(=O)(=O)c2ccccc2CNC)C1. The van der Waals surface area contributed by atoms with Crippen LogP contribution in [0.15, 0.2) is 29.2 Å².